The van der Waals surface area contributed by atoms with Crippen molar-refractivity contribution in [1.29, 1.82) is 0 Å². The molecule has 2 aromatic rings. The molecule has 0 aliphatic rings. The van der Waals surface area contributed by atoms with Gasteiger partial charge in [-0.25, -0.2) is 0 Å². The predicted octanol–water partition coefficient (Wildman–Crippen LogP) is 4.57. The summed E-state index contributed by atoms with van der Waals surface area (Å²) < 4.78 is 0. The van der Waals surface area contributed by atoms with Crippen molar-refractivity contribution in [1.82, 2.24) is 0 Å². The molecule has 19 heavy (non-hydrogen) atoms. The molecule has 1 unspecified atom stereocenters. The zero-order valence-corrected chi connectivity index (χ0v) is 11.8. The van der Waals surface area contributed by atoms with Crippen LogP contribution in [0, 0.1) is 13.8 Å². The van der Waals surface area contributed by atoms with E-state index in [0.717, 1.165) is 17.7 Å². The summed E-state index contributed by atoms with van der Waals surface area (Å²) >= 11 is 0. The normalized spacial score (nSPS) is 12.2. The smallest absolute Gasteiger partial charge is 0.118 e. The Balaban J connectivity index is 2.18. The molecule has 0 radical (unpaired) electrons. The maximum atomic E-state index is 9.55. The maximum absolute atomic E-state index is 9.55. The van der Waals surface area contributed by atoms with E-state index in [-0.39, 0.29) is 0 Å². The Morgan fingerprint density at radius 2 is 1.74 bits per heavy atom. The summed E-state index contributed by atoms with van der Waals surface area (Å²) in [6.45, 7) is 6.18. The molecule has 2 aromatic carbocycles. The third-order valence-electron chi connectivity index (χ3n) is 3.43. The van der Waals surface area contributed by atoms with Gasteiger partial charge in [0.1, 0.15) is 5.75 Å². The average molecular weight is 255 g/mol. The van der Waals surface area contributed by atoms with Crippen LogP contribution in [0.5, 0.6) is 5.75 Å². The van der Waals surface area contributed by atoms with E-state index < -0.39 is 0 Å². The molecule has 100 valence electrons. The molecule has 0 heterocycles. The van der Waals surface area contributed by atoms with E-state index in [9.17, 15) is 5.11 Å². The van der Waals surface area contributed by atoms with Crippen molar-refractivity contribution in [3.8, 4) is 5.75 Å². The lowest BCUT2D eigenvalue weighted by atomic mass is 10.0. The molecule has 2 N–H and O–H groups in total. The van der Waals surface area contributed by atoms with Crippen molar-refractivity contribution < 1.29 is 5.11 Å². The molecule has 0 amide bonds. The number of phenolic OH excluding ortho intramolecular Hbond substituents is 1. The molecule has 0 saturated heterocycles. The number of aryl methyl sites for hydroxylation is 2. The third-order valence-corrected chi connectivity index (χ3v) is 3.43. The fraction of sp³-hybridized carbons (Fsp3) is 0.294. The van der Waals surface area contributed by atoms with Gasteiger partial charge < -0.3 is 10.4 Å². The number of rotatable bonds is 4. The fourth-order valence-corrected chi connectivity index (χ4v) is 2.17. The molecular weight excluding hydrogens is 234 g/mol. The fourth-order valence-electron chi connectivity index (χ4n) is 2.17. The van der Waals surface area contributed by atoms with Gasteiger partial charge in [0.15, 0.2) is 0 Å². The maximum Gasteiger partial charge on any atom is 0.118 e. The van der Waals surface area contributed by atoms with Gasteiger partial charge in [-0.3, -0.25) is 0 Å². The Labute approximate surface area is 115 Å². The molecule has 0 aliphatic carbocycles. The zero-order valence-electron chi connectivity index (χ0n) is 11.8. The van der Waals surface area contributed by atoms with Gasteiger partial charge in [0.05, 0.1) is 6.04 Å². The molecular formula is C17H21NO. The van der Waals surface area contributed by atoms with E-state index in [1.54, 1.807) is 6.07 Å². The summed E-state index contributed by atoms with van der Waals surface area (Å²) in [5.41, 5.74) is 4.50. The molecule has 0 saturated carbocycles. The minimum Gasteiger partial charge on any atom is -0.508 e. The van der Waals surface area contributed by atoms with E-state index in [0.29, 0.717) is 11.8 Å². The van der Waals surface area contributed by atoms with Crippen LogP contribution < -0.4 is 5.32 Å². The highest BCUT2D eigenvalue weighted by atomic mass is 16.3. The summed E-state index contributed by atoms with van der Waals surface area (Å²) in [4.78, 5) is 0. The van der Waals surface area contributed by atoms with Crippen LogP contribution in [0.4, 0.5) is 5.69 Å². The Bertz CT molecular complexity index is 546. The standard InChI is InChI=1S/C17H21NO/c1-4-16(14-7-5-12(2)6-8-14)18-15-9-10-17(19)13(3)11-15/h5-11,16,18-19H,4H2,1-3H3. The molecule has 1 atom stereocenters. The van der Waals surface area contributed by atoms with Crippen molar-refractivity contribution in [2.45, 2.75) is 33.2 Å². The Morgan fingerprint density at radius 3 is 2.32 bits per heavy atom. The summed E-state index contributed by atoms with van der Waals surface area (Å²) in [5.74, 6) is 0.342. The summed E-state index contributed by atoms with van der Waals surface area (Å²) in [5, 5.41) is 13.1. The number of aromatic hydroxyl groups is 1. The Morgan fingerprint density at radius 1 is 1.05 bits per heavy atom. The van der Waals surface area contributed by atoms with Crippen LogP contribution in [0.1, 0.15) is 36.1 Å². The van der Waals surface area contributed by atoms with Crippen molar-refractivity contribution in [3.05, 3.63) is 59.2 Å². The van der Waals surface area contributed by atoms with Gasteiger partial charge in [0.25, 0.3) is 0 Å². The van der Waals surface area contributed by atoms with Gasteiger partial charge >= 0.3 is 0 Å². The minimum atomic E-state index is 0.296. The summed E-state index contributed by atoms with van der Waals surface area (Å²) in [6.07, 6.45) is 1.02. The highest BCUT2D eigenvalue weighted by molar-refractivity contribution is 5.51. The SMILES string of the molecule is CCC(Nc1ccc(O)c(C)c1)c1ccc(C)cc1. The molecule has 2 rings (SSSR count). The molecule has 0 spiro atoms. The molecule has 0 aliphatic heterocycles. The first-order valence-electron chi connectivity index (χ1n) is 6.73. The summed E-state index contributed by atoms with van der Waals surface area (Å²) in [6, 6.07) is 14.5. The highest BCUT2D eigenvalue weighted by Crippen LogP contribution is 2.26. The quantitative estimate of drug-likeness (QED) is 0.784. The predicted molar refractivity (Wildman–Crippen MR) is 80.7 cm³/mol. The van der Waals surface area contributed by atoms with Crippen molar-refractivity contribution >= 4 is 5.69 Å². The number of benzene rings is 2. The first-order chi connectivity index (χ1) is 9.10. The van der Waals surface area contributed by atoms with Gasteiger partial charge in [0.2, 0.25) is 0 Å². The third kappa shape index (κ3) is 3.28. The number of anilines is 1. The molecule has 0 bridgehead atoms. The van der Waals surface area contributed by atoms with Crippen LogP contribution in [0.2, 0.25) is 0 Å². The van der Waals surface area contributed by atoms with Gasteiger partial charge in [-0.1, -0.05) is 36.8 Å². The first-order valence-corrected chi connectivity index (χ1v) is 6.73. The first kappa shape index (κ1) is 13.5. The Hall–Kier alpha value is -1.96. The van der Waals surface area contributed by atoms with E-state index in [2.05, 4.69) is 43.4 Å². The van der Waals surface area contributed by atoms with Crippen LogP contribution in [-0.2, 0) is 0 Å². The number of hydrogen-bond acceptors (Lipinski definition) is 2. The zero-order chi connectivity index (χ0) is 13.8. The van der Waals surface area contributed by atoms with Crippen LogP contribution in [-0.4, -0.2) is 5.11 Å². The number of nitrogens with one attached hydrogen (secondary N) is 1. The van der Waals surface area contributed by atoms with E-state index in [1.807, 2.05) is 19.1 Å². The van der Waals surface area contributed by atoms with Crippen LogP contribution in [0.3, 0.4) is 0 Å². The lowest BCUT2D eigenvalue weighted by Gasteiger charge is -2.19. The Kier molecular flexibility index (Phi) is 4.10. The number of hydrogen-bond donors (Lipinski definition) is 2. The number of phenols is 1. The monoisotopic (exact) mass is 255 g/mol. The van der Waals surface area contributed by atoms with Crippen LogP contribution in [0.15, 0.2) is 42.5 Å². The lowest BCUT2D eigenvalue weighted by molar-refractivity contribution is 0.471. The lowest BCUT2D eigenvalue weighted by Crippen LogP contribution is -2.09. The van der Waals surface area contributed by atoms with Crippen LogP contribution >= 0.6 is 0 Å². The van der Waals surface area contributed by atoms with Crippen molar-refractivity contribution in [2.75, 3.05) is 5.32 Å². The van der Waals surface area contributed by atoms with Crippen LogP contribution in [0.25, 0.3) is 0 Å². The second kappa shape index (κ2) is 5.79. The van der Waals surface area contributed by atoms with E-state index in [1.165, 1.54) is 11.1 Å². The largest absolute Gasteiger partial charge is 0.508 e. The average Bonchev–Trinajstić information content (AvgIpc) is 2.41. The van der Waals surface area contributed by atoms with Crippen molar-refractivity contribution in [2.24, 2.45) is 0 Å². The second-order valence-electron chi connectivity index (χ2n) is 5.02. The molecule has 2 nitrogen and oxygen atoms in total. The topological polar surface area (TPSA) is 32.3 Å². The van der Waals surface area contributed by atoms with Gasteiger partial charge in [0, 0.05) is 5.69 Å². The molecule has 0 fully saturated rings. The molecule has 2 heteroatoms. The van der Waals surface area contributed by atoms with Gasteiger partial charge in [-0.15, -0.1) is 0 Å². The second-order valence-corrected chi connectivity index (χ2v) is 5.02. The summed E-state index contributed by atoms with van der Waals surface area (Å²) in [7, 11) is 0. The molecule has 0 aromatic heterocycles. The van der Waals surface area contributed by atoms with Gasteiger partial charge in [-0.2, -0.15) is 0 Å². The van der Waals surface area contributed by atoms with Gasteiger partial charge in [-0.05, 0) is 49.6 Å². The van der Waals surface area contributed by atoms with Crippen molar-refractivity contribution in [3.63, 3.8) is 0 Å². The highest BCUT2D eigenvalue weighted by Gasteiger charge is 2.09. The van der Waals surface area contributed by atoms with E-state index >= 15 is 0 Å². The minimum absolute atomic E-state index is 0.296. The van der Waals surface area contributed by atoms with E-state index in [4.69, 9.17) is 0 Å².